The molecule has 146 valence electrons. The number of hydrogen-bond acceptors (Lipinski definition) is 6. The molecule has 0 aromatic heterocycles. The molecule has 0 unspecified atom stereocenters. The quantitative estimate of drug-likeness (QED) is 0.536. The molecule has 0 bridgehead atoms. The van der Waals surface area contributed by atoms with E-state index in [0.29, 0.717) is 23.0 Å². The Bertz CT molecular complexity index is 904. The number of carboxylic acid groups (broad SMARTS) is 1. The van der Waals surface area contributed by atoms with Gasteiger partial charge in [-0.25, -0.2) is 0 Å². The zero-order valence-electron chi connectivity index (χ0n) is 15.2. The Labute approximate surface area is 172 Å². The lowest BCUT2D eigenvalue weighted by Gasteiger charge is -2.13. The van der Waals surface area contributed by atoms with Gasteiger partial charge in [-0.05, 0) is 42.2 Å². The van der Waals surface area contributed by atoms with E-state index in [-0.39, 0.29) is 4.32 Å². The maximum absolute atomic E-state index is 12.4. The average molecular weight is 418 g/mol. The van der Waals surface area contributed by atoms with Gasteiger partial charge in [0.15, 0.2) is 11.5 Å². The van der Waals surface area contributed by atoms with Crippen LogP contribution in [0.1, 0.15) is 18.4 Å². The highest BCUT2D eigenvalue weighted by Crippen LogP contribution is 2.34. The van der Waals surface area contributed by atoms with E-state index in [1.54, 1.807) is 25.3 Å². The van der Waals surface area contributed by atoms with Crippen molar-refractivity contribution in [1.82, 2.24) is 4.90 Å². The number of amides is 1. The number of hydrogen-bond donors (Lipinski definition) is 1. The molecule has 1 aliphatic heterocycles. The number of nitrogens with zero attached hydrogens (tertiary/aromatic N) is 1. The summed E-state index contributed by atoms with van der Waals surface area (Å²) in [6, 6.07) is 5.37. The number of carboxylic acids is 1. The van der Waals surface area contributed by atoms with Crippen LogP contribution in [0.25, 0.3) is 6.08 Å². The number of carbonyl (C=O) groups excluding carboxylic acids is 1. The predicted molar refractivity (Wildman–Crippen MR) is 112 cm³/mol. The van der Waals surface area contributed by atoms with Crippen LogP contribution in [-0.4, -0.2) is 46.5 Å². The van der Waals surface area contributed by atoms with Crippen LogP contribution in [0.3, 0.4) is 0 Å². The Kier molecular flexibility index (Phi) is 6.53. The Balaban J connectivity index is 1.74. The van der Waals surface area contributed by atoms with Gasteiger partial charge < -0.3 is 14.6 Å². The minimum absolute atomic E-state index is 0.236. The van der Waals surface area contributed by atoms with E-state index in [1.807, 2.05) is 6.07 Å². The molecule has 1 amide bonds. The first-order chi connectivity index (χ1) is 13.5. The lowest BCUT2D eigenvalue weighted by molar-refractivity contribution is -0.140. The van der Waals surface area contributed by atoms with Crippen molar-refractivity contribution in [2.24, 2.45) is 0 Å². The molecule has 0 atom stereocenters. The molecule has 2 aliphatic rings. The van der Waals surface area contributed by atoms with E-state index < -0.39 is 18.4 Å². The van der Waals surface area contributed by atoms with Gasteiger partial charge in [0.25, 0.3) is 5.91 Å². The molecule has 1 aromatic carbocycles. The van der Waals surface area contributed by atoms with E-state index in [0.717, 1.165) is 40.6 Å². The van der Waals surface area contributed by atoms with E-state index in [2.05, 4.69) is 18.2 Å². The molecule has 28 heavy (non-hydrogen) atoms. The molecule has 1 heterocycles. The molecule has 1 N–H and O–H groups in total. The highest BCUT2D eigenvalue weighted by atomic mass is 32.2. The number of carbonyl (C=O) groups is 2. The second-order valence-corrected chi connectivity index (χ2v) is 7.80. The number of rotatable bonds is 7. The fraction of sp³-hybridized carbons (Fsp3) is 0.250. The molecule has 6 nitrogen and oxygen atoms in total. The number of allylic oxidation sites excluding steroid dienone is 2. The van der Waals surface area contributed by atoms with Gasteiger partial charge >= 0.3 is 5.97 Å². The summed E-state index contributed by atoms with van der Waals surface area (Å²) in [7, 11) is 1.55. The lowest BCUT2D eigenvalue weighted by Crippen LogP contribution is -2.33. The van der Waals surface area contributed by atoms with Crippen LogP contribution in [0.4, 0.5) is 0 Å². The van der Waals surface area contributed by atoms with Crippen molar-refractivity contribution in [3.05, 3.63) is 52.5 Å². The van der Waals surface area contributed by atoms with Crippen molar-refractivity contribution >= 4 is 46.3 Å². The smallest absolute Gasteiger partial charge is 0.323 e. The number of benzene rings is 1. The van der Waals surface area contributed by atoms with Gasteiger partial charge in [0.1, 0.15) is 17.5 Å². The SMILES string of the molecule is COc1cc(/C=C2\SC(=S)N(CC(=O)O)C2=O)ccc1OCC1=CCCC=C1. The zero-order chi connectivity index (χ0) is 20.1. The minimum Gasteiger partial charge on any atom is -0.493 e. The van der Waals surface area contributed by atoms with Gasteiger partial charge in [-0.1, -0.05) is 48.3 Å². The molecule has 1 aliphatic carbocycles. The summed E-state index contributed by atoms with van der Waals surface area (Å²) >= 11 is 6.19. The summed E-state index contributed by atoms with van der Waals surface area (Å²) in [6.07, 6.45) is 10.1. The molecule has 0 saturated carbocycles. The normalized spacial score (nSPS) is 17.8. The second kappa shape index (κ2) is 9.07. The van der Waals surface area contributed by atoms with Gasteiger partial charge in [-0.3, -0.25) is 14.5 Å². The van der Waals surface area contributed by atoms with Crippen molar-refractivity contribution in [2.45, 2.75) is 12.8 Å². The topological polar surface area (TPSA) is 76.1 Å². The molecule has 1 saturated heterocycles. The van der Waals surface area contributed by atoms with E-state index in [9.17, 15) is 9.59 Å². The molecule has 1 aromatic rings. The number of thiocarbonyl (C=S) groups is 1. The first-order valence-corrected chi connectivity index (χ1v) is 9.84. The Morgan fingerprint density at radius 1 is 1.36 bits per heavy atom. The van der Waals surface area contributed by atoms with E-state index in [1.165, 1.54) is 0 Å². The standard InChI is InChI=1S/C20H19NO5S2/c1-25-16-9-14(7-8-15(16)26-12-13-5-3-2-4-6-13)10-17-19(24)21(11-18(22)23)20(27)28-17/h3,5-10H,2,4,11-12H2,1H3,(H,22,23)/b17-10-. The number of methoxy groups -OCH3 is 1. The Morgan fingerprint density at radius 2 is 2.18 bits per heavy atom. The van der Waals surface area contributed by atoms with Crippen LogP contribution in [0.15, 0.2) is 46.9 Å². The van der Waals surface area contributed by atoms with Crippen molar-refractivity contribution < 1.29 is 24.2 Å². The molecule has 1 fully saturated rings. The molecular formula is C20H19NO5S2. The van der Waals surface area contributed by atoms with Gasteiger partial charge in [0.05, 0.1) is 12.0 Å². The van der Waals surface area contributed by atoms with E-state index in [4.69, 9.17) is 26.8 Å². The monoisotopic (exact) mass is 417 g/mol. The minimum atomic E-state index is -1.11. The molecule has 8 heteroatoms. The first kappa shape index (κ1) is 20.2. The maximum atomic E-state index is 12.4. The van der Waals surface area contributed by atoms with Crippen molar-refractivity contribution in [3.8, 4) is 11.5 Å². The summed E-state index contributed by atoms with van der Waals surface area (Å²) in [6.45, 7) is 0.0163. The number of ether oxygens (including phenoxy) is 2. The summed E-state index contributed by atoms with van der Waals surface area (Å²) in [5, 5.41) is 8.91. The fourth-order valence-corrected chi connectivity index (χ4v) is 4.01. The summed E-state index contributed by atoms with van der Waals surface area (Å²) in [5.74, 6) is -0.357. The highest BCUT2D eigenvalue weighted by molar-refractivity contribution is 8.26. The summed E-state index contributed by atoms with van der Waals surface area (Å²) in [5.41, 5.74) is 1.86. The summed E-state index contributed by atoms with van der Waals surface area (Å²) in [4.78, 5) is 24.7. The molecule has 0 spiro atoms. The third kappa shape index (κ3) is 4.82. The molecule has 0 radical (unpaired) electrons. The van der Waals surface area contributed by atoms with E-state index >= 15 is 0 Å². The summed E-state index contributed by atoms with van der Waals surface area (Å²) < 4.78 is 11.5. The molecule has 3 rings (SSSR count). The van der Waals surface area contributed by atoms with Gasteiger partial charge in [0, 0.05) is 0 Å². The Morgan fingerprint density at radius 3 is 2.86 bits per heavy atom. The van der Waals surface area contributed by atoms with Crippen molar-refractivity contribution in [2.75, 3.05) is 20.3 Å². The van der Waals surface area contributed by atoms with Crippen LogP contribution < -0.4 is 9.47 Å². The number of thioether (sulfide) groups is 1. The van der Waals surface area contributed by atoms with Crippen molar-refractivity contribution in [3.63, 3.8) is 0 Å². The van der Waals surface area contributed by atoms with Crippen LogP contribution >= 0.6 is 24.0 Å². The predicted octanol–water partition coefficient (Wildman–Crippen LogP) is 3.64. The van der Waals surface area contributed by atoms with Gasteiger partial charge in [0.2, 0.25) is 0 Å². The lowest BCUT2D eigenvalue weighted by atomic mass is 10.1. The fourth-order valence-electron chi connectivity index (χ4n) is 2.75. The third-order valence-electron chi connectivity index (χ3n) is 4.12. The zero-order valence-corrected chi connectivity index (χ0v) is 16.8. The maximum Gasteiger partial charge on any atom is 0.323 e. The van der Waals surface area contributed by atoms with Crippen LogP contribution in [-0.2, 0) is 9.59 Å². The Hall–Kier alpha value is -2.58. The third-order valence-corrected chi connectivity index (χ3v) is 5.50. The van der Waals surface area contributed by atoms with Crippen LogP contribution in [0.2, 0.25) is 0 Å². The second-order valence-electron chi connectivity index (χ2n) is 6.12. The van der Waals surface area contributed by atoms with Crippen molar-refractivity contribution in [1.29, 1.82) is 0 Å². The average Bonchev–Trinajstić information content (AvgIpc) is 2.94. The first-order valence-electron chi connectivity index (χ1n) is 8.61. The van der Waals surface area contributed by atoms with Gasteiger partial charge in [-0.2, -0.15) is 0 Å². The highest BCUT2D eigenvalue weighted by Gasteiger charge is 2.33. The van der Waals surface area contributed by atoms with Gasteiger partial charge in [-0.15, -0.1) is 0 Å². The number of aliphatic carboxylic acids is 1. The molecular weight excluding hydrogens is 398 g/mol. The van der Waals surface area contributed by atoms with Crippen LogP contribution in [0, 0.1) is 0 Å². The largest absolute Gasteiger partial charge is 0.493 e. The van der Waals surface area contributed by atoms with Crippen LogP contribution in [0.5, 0.6) is 11.5 Å².